The molecule has 4 heteroatoms. The van der Waals surface area contributed by atoms with Crippen molar-refractivity contribution in [3.63, 3.8) is 0 Å². The summed E-state index contributed by atoms with van der Waals surface area (Å²) in [6.07, 6.45) is 2.89. The van der Waals surface area contributed by atoms with Crippen molar-refractivity contribution in [2.24, 2.45) is 0 Å². The molecule has 21 heavy (non-hydrogen) atoms. The van der Waals surface area contributed by atoms with Crippen LogP contribution in [0.3, 0.4) is 0 Å². The predicted molar refractivity (Wildman–Crippen MR) is 80.9 cm³/mol. The fourth-order valence-electron chi connectivity index (χ4n) is 2.64. The highest BCUT2D eigenvalue weighted by atomic mass is 16.3. The van der Waals surface area contributed by atoms with E-state index < -0.39 is 0 Å². The third-order valence-electron chi connectivity index (χ3n) is 3.91. The van der Waals surface area contributed by atoms with Gasteiger partial charge in [0.1, 0.15) is 6.61 Å². The first-order valence-electron chi connectivity index (χ1n) is 7.30. The summed E-state index contributed by atoms with van der Waals surface area (Å²) < 4.78 is 0. The molecule has 2 rings (SSSR count). The fourth-order valence-corrected chi connectivity index (χ4v) is 2.64. The van der Waals surface area contributed by atoms with Gasteiger partial charge in [0.2, 0.25) is 0 Å². The second-order valence-electron chi connectivity index (χ2n) is 5.42. The number of hydrogen-bond donors (Lipinski definition) is 3. The van der Waals surface area contributed by atoms with E-state index in [2.05, 4.69) is 17.2 Å². The Bertz CT molecular complexity index is 563. The molecule has 3 N–H and O–H groups in total. The Morgan fingerprint density at radius 1 is 1.33 bits per heavy atom. The zero-order valence-electron chi connectivity index (χ0n) is 12.2. The maximum Gasteiger partial charge on any atom is 0.251 e. The third kappa shape index (κ3) is 4.07. The number of hydrogen-bond acceptors (Lipinski definition) is 3. The quantitative estimate of drug-likeness (QED) is 0.720. The Morgan fingerprint density at radius 2 is 2.05 bits per heavy atom. The van der Waals surface area contributed by atoms with Crippen LogP contribution in [0.5, 0.6) is 0 Å². The van der Waals surface area contributed by atoms with E-state index in [1.165, 1.54) is 0 Å². The maximum atomic E-state index is 12.4. The van der Waals surface area contributed by atoms with Crippen LogP contribution < -0.4 is 5.32 Å². The van der Waals surface area contributed by atoms with Gasteiger partial charge in [0.05, 0.1) is 6.10 Å². The van der Waals surface area contributed by atoms with Crippen molar-refractivity contribution in [2.45, 2.75) is 44.8 Å². The van der Waals surface area contributed by atoms with Gasteiger partial charge in [-0.3, -0.25) is 4.79 Å². The van der Waals surface area contributed by atoms with E-state index in [4.69, 9.17) is 5.11 Å². The lowest BCUT2D eigenvalue weighted by molar-refractivity contribution is 0.0867. The molecule has 0 spiro atoms. The van der Waals surface area contributed by atoms with E-state index in [-0.39, 0.29) is 24.7 Å². The van der Waals surface area contributed by atoms with Crippen LogP contribution in [0, 0.1) is 18.8 Å². The molecule has 1 aliphatic rings. The second-order valence-corrected chi connectivity index (χ2v) is 5.42. The number of nitrogens with one attached hydrogen (secondary N) is 1. The van der Waals surface area contributed by atoms with E-state index in [1.54, 1.807) is 12.1 Å². The van der Waals surface area contributed by atoms with Crippen molar-refractivity contribution >= 4 is 5.91 Å². The lowest BCUT2D eigenvalue weighted by Gasteiger charge is -2.26. The highest BCUT2D eigenvalue weighted by Gasteiger charge is 2.22. The van der Waals surface area contributed by atoms with Gasteiger partial charge in [0.15, 0.2) is 0 Å². The van der Waals surface area contributed by atoms with Crippen molar-refractivity contribution < 1.29 is 15.0 Å². The molecule has 1 aromatic carbocycles. The first kappa shape index (κ1) is 15.6. The normalized spacial score (nSPS) is 21.3. The highest BCUT2D eigenvalue weighted by Crippen LogP contribution is 2.19. The molecular formula is C17H21NO3. The molecule has 4 nitrogen and oxygen atoms in total. The van der Waals surface area contributed by atoms with Gasteiger partial charge >= 0.3 is 0 Å². The first-order chi connectivity index (χ1) is 10.1. The van der Waals surface area contributed by atoms with Crippen molar-refractivity contribution in [3.8, 4) is 11.8 Å². The van der Waals surface area contributed by atoms with E-state index in [0.29, 0.717) is 5.56 Å². The zero-order chi connectivity index (χ0) is 15.2. The Balaban J connectivity index is 2.09. The number of benzene rings is 1. The first-order valence-corrected chi connectivity index (χ1v) is 7.30. The molecule has 0 saturated heterocycles. The average Bonchev–Trinajstić information content (AvgIpc) is 2.48. The molecule has 112 valence electrons. The van der Waals surface area contributed by atoms with Crippen LogP contribution in [0.25, 0.3) is 0 Å². The molecule has 1 fully saturated rings. The molecule has 1 aromatic rings. The van der Waals surface area contributed by atoms with E-state index in [1.807, 2.05) is 13.0 Å². The molecule has 0 bridgehead atoms. The van der Waals surface area contributed by atoms with Crippen LogP contribution >= 0.6 is 0 Å². The van der Waals surface area contributed by atoms with Crippen LogP contribution in [0.2, 0.25) is 0 Å². The summed E-state index contributed by atoms with van der Waals surface area (Å²) >= 11 is 0. The molecule has 0 aliphatic heterocycles. The number of aliphatic hydroxyl groups is 2. The predicted octanol–water partition coefficient (Wildman–Crippen LogP) is 1.37. The number of carbonyl (C=O) groups is 1. The monoisotopic (exact) mass is 287 g/mol. The molecule has 1 aliphatic carbocycles. The van der Waals surface area contributed by atoms with Crippen molar-refractivity contribution in [2.75, 3.05) is 6.61 Å². The molecule has 0 unspecified atom stereocenters. The van der Waals surface area contributed by atoms with Gasteiger partial charge in [-0.15, -0.1) is 0 Å². The lowest BCUT2D eigenvalue weighted by Crippen LogP contribution is -2.38. The van der Waals surface area contributed by atoms with E-state index in [9.17, 15) is 9.90 Å². The zero-order valence-corrected chi connectivity index (χ0v) is 12.2. The number of rotatable bonds is 2. The molecule has 0 aromatic heterocycles. The van der Waals surface area contributed by atoms with Crippen molar-refractivity contribution in [3.05, 3.63) is 34.9 Å². The Hall–Kier alpha value is -1.83. The van der Waals surface area contributed by atoms with Crippen molar-refractivity contribution in [1.82, 2.24) is 5.32 Å². The van der Waals surface area contributed by atoms with Crippen LogP contribution in [0.15, 0.2) is 18.2 Å². The average molecular weight is 287 g/mol. The topological polar surface area (TPSA) is 69.6 Å². The summed E-state index contributed by atoms with van der Waals surface area (Å²) in [6, 6.07) is 5.55. The van der Waals surface area contributed by atoms with Crippen LogP contribution in [-0.2, 0) is 0 Å². The molecule has 1 amide bonds. The minimum atomic E-state index is -0.225. The largest absolute Gasteiger partial charge is 0.393 e. The van der Waals surface area contributed by atoms with Gasteiger partial charge in [-0.2, -0.15) is 0 Å². The Labute approximate surface area is 125 Å². The smallest absolute Gasteiger partial charge is 0.251 e. The molecule has 0 atom stereocenters. The summed E-state index contributed by atoms with van der Waals surface area (Å²) in [5, 5.41) is 21.3. The third-order valence-corrected chi connectivity index (χ3v) is 3.91. The van der Waals surface area contributed by atoms with Crippen LogP contribution in [0.1, 0.15) is 47.2 Å². The Kier molecular flexibility index (Phi) is 5.38. The summed E-state index contributed by atoms with van der Waals surface area (Å²) in [5.41, 5.74) is 2.20. The standard InChI is InChI=1S/C17H21NO3/c1-12-13(5-3-11-19)4-2-6-16(12)17(21)18-14-7-9-15(20)10-8-14/h2,4,6,14-15,19-20H,7-11H2,1H3,(H,18,21). The molecule has 0 heterocycles. The second kappa shape index (κ2) is 7.26. The van der Waals surface area contributed by atoms with Gasteiger partial charge in [-0.05, 0) is 50.3 Å². The number of aliphatic hydroxyl groups excluding tert-OH is 2. The summed E-state index contributed by atoms with van der Waals surface area (Å²) in [6.45, 7) is 1.67. The SMILES string of the molecule is Cc1c(C#CCO)cccc1C(=O)NC1CCC(O)CC1. The van der Waals surface area contributed by atoms with Crippen LogP contribution in [0.4, 0.5) is 0 Å². The van der Waals surface area contributed by atoms with Gasteiger partial charge in [0, 0.05) is 17.2 Å². The highest BCUT2D eigenvalue weighted by molar-refractivity contribution is 5.96. The van der Waals surface area contributed by atoms with Gasteiger partial charge in [0.25, 0.3) is 5.91 Å². The van der Waals surface area contributed by atoms with E-state index in [0.717, 1.165) is 36.8 Å². The van der Waals surface area contributed by atoms with Gasteiger partial charge in [-0.25, -0.2) is 0 Å². The number of amides is 1. The van der Waals surface area contributed by atoms with Crippen LogP contribution in [-0.4, -0.2) is 34.9 Å². The lowest BCUT2D eigenvalue weighted by atomic mass is 9.92. The maximum absolute atomic E-state index is 12.4. The number of carbonyl (C=O) groups excluding carboxylic acids is 1. The minimum absolute atomic E-state index is 0.0958. The van der Waals surface area contributed by atoms with Gasteiger partial charge < -0.3 is 15.5 Å². The summed E-state index contributed by atoms with van der Waals surface area (Å²) in [7, 11) is 0. The van der Waals surface area contributed by atoms with Crippen molar-refractivity contribution in [1.29, 1.82) is 0 Å². The Morgan fingerprint density at radius 3 is 2.71 bits per heavy atom. The summed E-state index contributed by atoms with van der Waals surface area (Å²) in [4.78, 5) is 12.4. The summed E-state index contributed by atoms with van der Waals surface area (Å²) in [5.74, 6) is 5.36. The van der Waals surface area contributed by atoms with E-state index >= 15 is 0 Å². The minimum Gasteiger partial charge on any atom is -0.393 e. The molecule has 1 saturated carbocycles. The molecule has 0 radical (unpaired) electrons. The fraction of sp³-hybridized carbons (Fsp3) is 0.471. The molecular weight excluding hydrogens is 266 g/mol. The van der Waals surface area contributed by atoms with Gasteiger partial charge in [-0.1, -0.05) is 17.9 Å².